The van der Waals surface area contributed by atoms with Gasteiger partial charge in [-0.15, -0.1) is 0 Å². The quantitative estimate of drug-likeness (QED) is 0.698. The molecule has 3 nitrogen and oxygen atoms in total. The molecule has 1 unspecified atom stereocenters. The number of hydrogen-bond acceptors (Lipinski definition) is 3. The highest BCUT2D eigenvalue weighted by molar-refractivity contribution is 4.80. The van der Waals surface area contributed by atoms with Crippen LogP contribution in [0.4, 0.5) is 0 Å². The van der Waals surface area contributed by atoms with Crippen molar-refractivity contribution in [3.8, 4) is 0 Å². The Morgan fingerprint density at radius 1 is 1.47 bits per heavy atom. The maximum absolute atomic E-state index is 9.83. The van der Waals surface area contributed by atoms with Crippen molar-refractivity contribution in [3.63, 3.8) is 0 Å². The molecule has 2 N–H and O–H groups in total. The van der Waals surface area contributed by atoms with Crippen LogP contribution in [0.25, 0.3) is 0 Å². The summed E-state index contributed by atoms with van der Waals surface area (Å²) in [5, 5.41) is 13.3. The summed E-state index contributed by atoms with van der Waals surface area (Å²) in [6.45, 7) is 10.1. The molecule has 1 saturated heterocycles. The molecule has 0 aliphatic carbocycles. The van der Waals surface area contributed by atoms with Crippen LogP contribution in [0.5, 0.6) is 0 Å². The first kappa shape index (κ1) is 12.9. The molecule has 3 heteroatoms. The molecule has 90 valence electrons. The molecular weight excluding hydrogens is 188 g/mol. The molecule has 0 aromatic heterocycles. The Balaban J connectivity index is 2.35. The summed E-state index contributed by atoms with van der Waals surface area (Å²) in [6, 6.07) is 0.638. The Morgan fingerprint density at radius 2 is 2.20 bits per heavy atom. The van der Waals surface area contributed by atoms with E-state index < -0.39 is 5.60 Å². The molecule has 1 atom stereocenters. The van der Waals surface area contributed by atoms with Crippen LogP contribution in [0.2, 0.25) is 0 Å². The average Bonchev–Trinajstić information content (AvgIpc) is 2.54. The molecular formula is C12H26N2O. The van der Waals surface area contributed by atoms with Gasteiger partial charge in [-0.3, -0.25) is 4.90 Å². The van der Waals surface area contributed by atoms with Gasteiger partial charge in [0.1, 0.15) is 0 Å². The van der Waals surface area contributed by atoms with E-state index in [1.807, 2.05) is 13.8 Å². The molecule has 0 radical (unpaired) electrons. The van der Waals surface area contributed by atoms with Gasteiger partial charge in [0.25, 0.3) is 0 Å². The zero-order valence-electron chi connectivity index (χ0n) is 10.4. The van der Waals surface area contributed by atoms with Crippen LogP contribution in [0, 0.1) is 0 Å². The van der Waals surface area contributed by atoms with Gasteiger partial charge >= 0.3 is 0 Å². The number of nitrogens with zero attached hydrogens (tertiary/aromatic N) is 1. The van der Waals surface area contributed by atoms with Gasteiger partial charge < -0.3 is 10.4 Å². The third-order valence-corrected chi connectivity index (χ3v) is 2.79. The third-order valence-electron chi connectivity index (χ3n) is 2.79. The van der Waals surface area contributed by atoms with Crippen LogP contribution < -0.4 is 5.32 Å². The van der Waals surface area contributed by atoms with E-state index in [2.05, 4.69) is 17.1 Å². The Bertz CT molecular complexity index is 171. The van der Waals surface area contributed by atoms with Gasteiger partial charge in [0.15, 0.2) is 0 Å². The molecule has 0 saturated carbocycles. The third kappa shape index (κ3) is 5.50. The van der Waals surface area contributed by atoms with Crippen molar-refractivity contribution in [2.24, 2.45) is 0 Å². The number of nitrogens with one attached hydrogen (secondary N) is 1. The van der Waals surface area contributed by atoms with Crippen LogP contribution >= 0.6 is 0 Å². The van der Waals surface area contributed by atoms with E-state index >= 15 is 0 Å². The van der Waals surface area contributed by atoms with Crippen molar-refractivity contribution < 1.29 is 5.11 Å². The molecule has 1 fully saturated rings. The van der Waals surface area contributed by atoms with Crippen molar-refractivity contribution in [1.82, 2.24) is 10.2 Å². The van der Waals surface area contributed by atoms with Crippen LogP contribution in [0.1, 0.15) is 40.0 Å². The topological polar surface area (TPSA) is 35.5 Å². The molecule has 0 amide bonds. The lowest BCUT2D eigenvalue weighted by molar-refractivity contribution is 0.0337. The van der Waals surface area contributed by atoms with Gasteiger partial charge in [0.2, 0.25) is 0 Å². The first-order chi connectivity index (χ1) is 7.01. The normalized spacial score (nSPS) is 22.6. The van der Waals surface area contributed by atoms with E-state index in [1.165, 1.54) is 12.8 Å². The average molecular weight is 214 g/mol. The highest BCUT2D eigenvalue weighted by Gasteiger charge is 2.22. The lowest BCUT2D eigenvalue weighted by atomic mass is 10.1. The van der Waals surface area contributed by atoms with Crippen molar-refractivity contribution in [2.45, 2.75) is 51.7 Å². The molecule has 0 bridgehead atoms. The zero-order chi connectivity index (χ0) is 11.3. The standard InChI is InChI=1S/C12H26N2O/c1-4-8-14(10-12(2,3)15)9-11-6-5-7-13-11/h11,13,15H,4-10H2,1-3H3. The van der Waals surface area contributed by atoms with E-state index in [4.69, 9.17) is 0 Å². The molecule has 0 aromatic carbocycles. The van der Waals surface area contributed by atoms with Crippen LogP contribution in [-0.2, 0) is 0 Å². The molecule has 15 heavy (non-hydrogen) atoms. The summed E-state index contributed by atoms with van der Waals surface area (Å²) < 4.78 is 0. The largest absolute Gasteiger partial charge is 0.389 e. The highest BCUT2D eigenvalue weighted by atomic mass is 16.3. The van der Waals surface area contributed by atoms with Gasteiger partial charge in [0.05, 0.1) is 5.60 Å². The first-order valence-electron chi connectivity index (χ1n) is 6.19. The summed E-state index contributed by atoms with van der Waals surface area (Å²) in [7, 11) is 0. The fourth-order valence-electron chi connectivity index (χ4n) is 2.32. The van der Waals surface area contributed by atoms with Crippen molar-refractivity contribution in [1.29, 1.82) is 0 Å². The van der Waals surface area contributed by atoms with Crippen molar-refractivity contribution in [2.75, 3.05) is 26.2 Å². The summed E-state index contributed by atoms with van der Waals surface area (Å²) in [4.78, 5) is 2.38. The summed E-state index contributed by atoms with van der Waals surface area (Å²) in [6.07, 6.45) is 3.74. The number of hydrogen-bond donors (Lipinski definition) is 2. The molecule has 1 aliphatic rings. The minimum absolute atomic E-state index is 0.576. The van der Waals surface area contributed by atoms with Crippen LogP contribution in [-0.4, -0.2) is 47.8 Å². The van der Waals surface area contributed by atoms with E-state index in [0.29, 0.717) is 6.04 Å². The van der Waals surface area contributed by atoms with Gasteiger partial charge in [-0.25, -0.2) is 0 Å². The summed E-state index contributed by atoms with van der Waals surface area (Å²) in [5.74, 6) is 0. The molecule has 1 aliphatic heterocycles. The second kappa shape index (κ2) is 5.83. The minimum Gasteiger partial charge on any atom is -0.389 e. The molecule has 0 spiro atoms. The van der Waals surface area contributed by atoms with E-state index in [9.17, 15) is 5.11 Å². The number of aliphatic hydroxyl groups is 1. The van der Waals surface area contributed by atoms with Crippen LogP contribution in [0.15, 0.2) is 0 Å². The Morgan fingerprint density at radius 3 is 2.67 bits per heavy atom. The second-order valence-electron chi connectivity index (χ2n) is 5.34. The van der Waals surface area contributed by atoms with Gasteiger partial charge in [-0.05, 0) is 46.2 Å². The highest BCUT2D eigenvalue weighted by Crippen LogP contribution is 2.10. The predicted octanol–water partition coefficient (Wildman–Crippen LogP) is 1.22. The van der Waals surface area contributed by atoms with E-state index in [-0.39, 0.29) is 0 Å². The smallest absolute Gasteiger partial charge is 0.0718 e. The summed E-state index contributed by atoms with van der Waals surface area (Å²) >= 11 is 0. The van der Waals surface area contributed by atoms with E-state index in [0.717, 1.165) is 32.6 Å². The number of rotatable bonds is 6. The van der Waals surface area contributed by atoms with Crippen LogP contribution in [0.3, 0.4) is 0 Å². The minimum atomic E-state index is -0.576. The second-order valence-corrected chi connectivity index (χ2v) is 5.34. The van der Waals surface area contributed by atoms with Crippen molar-refractivity contribution in [3.05, 3.63) is 0 Å². The Labute approximate surface area is 93.9 Å². The Hall–Kier alpha value is -0.120. The predicted molar refractivity (Wildman–Crippen MR) is 64.1 cm³/mol. The maximum atomic E-state index is 9.83. The fraction of sp³-hybridized carbons (Fsp3) is 1.00. The van der Waals surface area contributed by atoms with Gasteiger partial charge in [0, 0.05) is 19.1 Å². The zero-order valence-corrected chi connectivity index (χ0v) is 10.4. The summed E-state index contributed by atoms with van der Waals surface area (Å²) in [5.41, 5.74) is -0.576. The van der Waals surface area contributed by atoms with E-state index in [1.54, 1.807) is 0 Å². The fourth-order valence-corrected chi connectivity index (χ4v) is 2.32. The maximum Gasteiger partial charge on any atom is 0.0718 e. The molecule has 0 aromatic rings. The lowest BCUT2D eigenvalue weighted by Crippen LogP contribution is -2.44. The van der Waals surface area contributed by atoms with Gasteiger partial charge in [-0.1, -0.05) is 6.92 Å². The lowest BCUT2D eigenvalue weighted by Gasteiger charge is -2.30. The SMILES string of the molecule is CCCN(CC1CCCN1)CC(C)(C)O. The Kier molecular flexibility index (Phi) is 5.03. The molecule has 1 heterocycles. The molecule has 1 rings (SSSR count). The monoisotopic (exact) mass is 214 g/mol. The van der Waals surface area contributed by atoms with Gasteiger partial charge in [-0.2, -0.15) is 0 Å². The van der Waals surface area contributed by atoms with Crippen molar-refractivity contribution >= 4 is 0 Å². The first-order valence-corrected chi connectivity index (χ1v) is 6.19.